The van der Waals surface area contributed by atoms with Crippen molar-refractivity contribution in [3.05, 3.63) is 120 Å². The lowest BCUT2D eigenvalue weighted by molar-refractivity contribution is 0.479. The van der Waals surface area contributed by atoms with Crippen LogP contribution in [0.1, 0.15) is 77.7 Å². The van der Waals surface area contributed by atoms with E-state index in [9.17, 15) is 0 Å². The Balaban J connectivity index is 0.000000156. The Labute approximate surface area is 281 Å². The molecule has 0 bridgehead atoms. The molecule has 8 aromatic rings. The van der Waals surface area contributed by atoms with E-state index in [4.69, 9.17) is 19.9 Å². The van der Waals surface area contributed by atoms with Gasteiger partial charge in [0.2, 0.25) is 0 Å². The van der Waals surface area contributed by atoms with E-state index in [1.54, 1.807) is 0 Å². The first kappa shape index (κ1) is 31.4. The maximum absolute atomic E-state index is 5.06. The number of nitrogens with zero attached hydrogens (tertiary/aromatic N) is 6. The molecule has 0 spiro atoms. The minimum Gasteiger partial charge on any atom is -0.341 e. The van der Waals surface area contributed by atoms with Gasteiger partial charge < -0.3 is 19.1 Å². The van der Waals surface area contributed by atoms with Crippen molar-refractivity contribution in [2.24, 2.45) is 0 Å². The number of hydrogen-bond donors (Lipinski definition) is 2. The highest BCUT2D eigenvalue weighted by Gasteiger charge is 2.35. The number of rotatable bonds is 8. The summed E-state index contributed by atoms with van der Waals surface area (Å²) in [4.78, 5) is 26.4. The Bertz CT molecular complexity index is 2120. The summed E-state index contributed by atoms with van der Waals surface area (Å²) in [6.45, 7) is 15.1. The predicted molar refractivity (Wildman–Crippen MR) is 196 cm³/mol. The van der Waals surface area contributed by atoms with E-state index >= 15 is 0 Å². The second kappa shape index (κ2) is 12.4. The van der Waals surface area contributed by atoms with Crippen LogP contribution in [0.25, 0.3) is 44.1 Å². The van der Waals surface area contributed by atoms with Gasteiger partial charge in [-0.2, -0.15) is 0 Å². The number of hydrogen-bond acceptors (Lipinski definition) is 4. The summed E-state index contributed by atoms with van der Waals surface area (Å²) in [5, 5.41) is 0. The highest BCUT2D eigenvalue weighted by atomic mass is 15.1. The van der Waals surface area contributed by atoms with Crippen molar-refractivity contribution in [2.75, 3.05) is 0 Å². The fourth-order valence-corrected chi connectivity index (χ4v) is 6.71. The summed E-state index contributed by atoms with van der Waals surface area (Å²) in [5.41, 5.74) is 8.02. The number of aromatic amines is 2. The van der Waals surface area contributed by atoms with Gasteiger partial charge in [-0.15, -0.1) is 0 Å². The maximum atomic E-state index is 5.06. The van der Waals surface area contributed by atoms with Gasteiger partial charge in [0.05, 0.1) is 55.0 Å². The van der Waals surface area contributed by atoms with E-state index in [0.29, 0.717) is 0 Å². The number of H-pyrrole nitrogens is 2. The first-order valence-corrected chi connectivity index (χ1v) is 17.0. The van der Waals surface area contributed by atoms with Crippen LogP contribution in [0.3, 0.4) is 0 Å². The second-order valence-corrected chi connectivity index (χ2v) is 13.6. The van der Waals surface area contributed by atoms with Crippen molar-refractivity contribution in [2.45, 2.75) is 78.3 Å². The molecular weight excluding hydrogens is 592 g/mol. The predicted octanol–water partition coefficient (Wildman–Crippen LogP) is 9.30. The van der Waals surface area contributed by atoms with Gasteiger partial charge >= 0.3 is 0 Å². The highest BCUT2D eigenvalue weighted by molar-refractivity contribution is 5.79. The lowest BCUT2D eigenvalue weighted by atomic mass is 9.90. The van der Waals surface area contributed by atoms with Crippen molar-refractivity contribution in [3.63, 3.8) is 0 Å². The van der Waals surface area contributed by atoms with Crippen molar-refractivity contribution >= 4 is 44.1 Å². The van der Waals surface area contributed by atoms with Crippen molar-refractivity contribution in [1.82, 2.24) is 39.0 Å². The summed E-state index contributed by atoms with van der Waals surface area (Å²) in [6.07, 6.45) is 2.16. The quantitative estimate of drug-likeness (QED) is 0.174. The van der Waals surface area contributed by atoms with Gasteiger partial charge in [0.1, 0.15) is 23.3 Å². The fourth-order valence-electron chi connectivity index (χ4n) is 6.71. The molecule has 0 aliphatic heterocycles. The molecule has 0 saturated carbocycles. The fraction of sp³-hybridized carbons (Fsp3) is 0.300. The zero-order chi connectivity index (χ0) is 33.5. The van der Waals surface area contributed by atoms with Crippen LogP contribution in [-0.4, -0.2) is 39.0 Å². The molecule has 0 saturated heterocycles. The molecule has 8 nitrogen and oxygen atoms in total. The molecule has 8 heteroatoms. The number of aromatic nitrogens is 8. The standard InChI is InChI=1S/C23H28N4.C17H16N4/c1-5-15-26-19-13-9-7-11-17(19)24-21(26)23(3,4)22-25-18-12-8-10-14-20(18)27(22)16-6-2;1-17(2,15-18-11-7-3-4-8-12(11)19-15)16-20-13-9-5-6-10-14(13)21-16/h7-14H,5-6,15-16H2,1-4H3;3-10H,1-2H3,(H,18,19)(H,20,21). The number of para-hydroxylation sites is 8. The Hall–Kier alpha value is -5.24. The van der Waals surface area contributed by atoms with Crippen molar-refractivity contribution in [3.8, 4) is 0 Å². The third-order valence-corrected chi connectivity index (χ3v) is 9.28. The molecule has 4 aromatic heterocycles. The number of fused-ring (bicyclic) bond motifs is 4. The van der Waals surface area contributed by atoms with E-state index < -0.39 is 0 Å². The van der Waals surface area contributed by atoms with Gasteiger partial charge in [0.15, 0.2) is 0 Å². The first-order valence-electron chi connectivity index (χ1n) is 17.0. The summed E-state index contributed by atoms with van der Waals surface area (Å²) in [6, 6.07) is 33.0. The van der Waals surface area contributed by atoms with Gasteiger partial charge in [-0.3, -0.25) is 0 Å². The van der Waals surface area contributed by atoms with Gasteiger partial charge in [-0.05, 0) is 89.1 Å². The zero-order valence-corrected chi connectivity index (χ0v) is 28.7. The Morgan fingerprint density at radius 2 is 0.854 bits per heavy atom. The van der Waals surface area contributed by atoms with Crippen LogP contribution in [0.5, 0.6) is 0 Å². The minimum atomic E-state index is -0.308. The van der Waals surface area contributed by atoms with Gasteiger partial charge in [-0.1, -0.05) is 62.4 Å². The number of aryl methyl sites for hydroxylation is 2. The molecule has 0 amide bonds. The molecule has 8 rings (SSSR count). The minimum absolute atomic E-state index is 0.289. The Kier molecular flexibility index (Phi) is 8.11. The van der Waals surface area contributed by atoms with Crippen LogP contribution in [0.4, 0.5) is 0 Å². The zero-order valence-electron chi connectivity index (χ0n) is 28.7. The second-order valence-electron chi connectivity index (χ2n) is 13.6. The van der Waals surface area contributed by atoms with E-state index in [1.165, 1.54) is 11.0 Å². The van der Waals surface area contributed by atoms with Crippen LogP contribution >= 0.6 is 0 Å². The van der Waals surface area contributed by atoms with Crippen molar-refractivity contribution in [1.29, 1.82) is 0 Å². The van der Waals surface area contributed by atoms with Crippen LogP contribution in [-0.2, 0) is 23.9 Å². The van der Waals surface area contributed by atoms with Crippen LogP contribution < -0.4 is 0 Å². The van der Waals surface area contributed by atoms with Crippen LogP contribution in [0.15, 0.2) is 97.1 Å². The van der Waals surface area contributed by atoms with Crippen LogP contribution in [0.2, 0.25) is 0 Å². The topological polar surface area (TPSA) is 93.0 Å². The number of nitrogens with one attached hydrogen (secondary N) is 2. The summed E-state index contributed by atoms with van der Waals surface area (Å²) >= 11 is 0. The lowest BCUT2D eigenvalue weighted by Crippen LogP contribution is -2.28. The largest absolute Gasteiger partial charge is 0.341 e. The maximum Gasteiger partial charge on any atom is 0.123 e. The molecular formula is C40H44N8. The molecule has 244 valence electrons. The van der Waals surface area contributed by atoms with Gasteiger partial charge in [0, 0.05) is 13.1 Å². The number of benzene rings is 4. The molecule has 0 radical (unpaired) electrons. The summed E-state index contributed by atoms with van der Waals surface area (Å²) < 4.78 is 4.76. The first-order chi connectivity index (χ1) is 23.2. The Morgan fingerprint density at radius 3 is 1.25 bits per heavy atom. The normalized spacial score (nSPS) is 12.3. The molecule has 0 unspecified atom stereocenters. The monoisotopic (exact) mass is 636 g/mol. The molecule has 4 heterocycles. The number of imidazole rings is 4. The molecule has 48 heavy (non-hydrogen) atoms. The molecule has 2 N–H and O–H groups in total. The SMILES string of the molecule is CC(C)(c1nc2ccccc2[nH]1)c1nc2ccccc2[nH]1.CCCn1c(C(C)(C)c2nc3ccccc3n2CCC)nc2ccccc21. The van der Waals surface area contributed by atoms with Gasteiger partial charge in [0.25, 0.3) is 0 Å². The average Bonchev–Trinajstić information content (AvgIpc) is 3.89. The van der Waals surface area contributed by atoms with E-state index in [-0.39, 0.29) is 10.8 Å². The van der Waals surface area contributed by atoms with Crippen LogP contribution in [0, 0.1) is 0 Å². The molecule has 0 aliphatic carbocycles. The average molecular weight is 637 g/mol. The molecule has 0 aliphatic rings. The van der Waals surface area contributed by atoms with E-state index in [0.717, 1.165) is 82.3 Å². The molecule has 4 aromatic carbocycles. The molecule has 0 atom stereocenters. The highest BCUT2D eigenvalue weighted by Crippen LogP contribution is 2.35. The van der Waals surface area contributed by atoms with Crippen molar-refractivity contribution < 1.29 is 0 Å². The van der Waals surface area contributed by atoms with E-state index in [2.05, 4.69) is 109 Å². The van der Waals surface area contributed by atoms with E-state index in [1.807, 2.05) is 48.5 Å². The van der Waals surface area contributed by atoms with Gasteiger partial charge in [-0.25, -0.2) is 19.9 Å². The Morgan fingerprint density at radius 1 is 0.479 bits per heavy atom. The molecule has 0 fully saturated rings. The third-order valence-electron chi connectivity index (χ3n) is 9.28. The summed E-state index contributed by atoms with van der Waals surface area (Å²) in [7, 11) is 0. The summed E-state index contributed by atoms with van der Waals surface area (Å²) in [5.74, 6) is 4.03. The smallest absolute Gasteiger partial charge is 0.123 e. The lowest BCUT2D eigenvalue weighted by Gasteiger charge is -2.26. The third kappa shape index (κ3) is 5.45.